The van der Waals surface area contributed by atoms with E-state index in [1.807, 2.05) is 0 Å². The highest BCUT2D eigenvalue weighted by atomic mass is 32.2. The van der Waals surface area contributed by atoms with Crippen molar-refractivity contribution in [1.82, 2.24) is 5.32 Å². The van der Waals surface area contributed by atoms with E-state index < -0.39 is 27.6 Å². The van der Waals surface area contributed by atoms with Crippen LogP contribution in [0.1, 0.15) is 12.0 Å². The summed E-state index contributed by atoms with van der Waals surface area (Å²) in [5, 5.41) is 2.53. The molecule has 0 fully saturated rings. The van der Waals surface area contributed by atoms with Crippen molar-refractivity contribution in [2.75, 3.05) is 17.1 Å². The van der Waals surface area contributed by atoms with Gasteiger partial charge in [-0.1, -0.05) is 24.3 Å². The molecular formula is C17H18F2N2O3S. The van der Waals surface area contributed by atoms with Crippen LogP contribution in [0.4, 0.5) is 14.5 Å². The van der Waals surface area contributed by atoms with Gasteiger partial charge in [0, 0.05) is 25.1 Å². The molecule has 0 atom stereocenters. The monoisotopic (exact) mass is 368 g/mol. The van der Waals surface area contributed by atoms with Crippen molar-refractivity contribution in [3.05, 3.63) is 65.7 Å². The second kappa shape index (κ2) is 8.06. The number of benzene rings is 2. The van der Waals surface area contributed by atoms with Crippen molar-refractivity contribution in [2.45, 2.75) is 13.0 Å². The first-order valence-electron chi connectivity index (χ1n) is 7.51. The molecular weight excluding hydrogens is 350 g/mol. The van der Waals surface area contributed by atoms with Crippen LogP contribution in [0.3, 0.4) is 0 Å². The van der Waals surface area contributed by atoms with E-state index in [-0.39, 0.29) is 25.2 Å². The minimum absolute atomic E-state index is 0.00431. The Kier molecular flexibility index (Phi) is 6.08. The zero-order chi connectivity index (χ0) is 18.4. The highest BCUT2D eigenvalue weighted by molar-refractivity contribution is 7.92. The van der Waals surface area contributed by atoms with Gasteiger partial charge in [0.25, 0.3) is 0 Å². The Bertz CT molecular complexity index is 856. The SMILES string of the molecule is CS(=O)(=O)N(CCC(=O)NCc1ccccc1F)c1cccc(F)c1. The molecule has 5 nitrogen and oxygen atoms in total. The third kappa shape index (κ3) is 5.53. The Morgan fingerprint density at radius 1 is 1.12 bits per heavy atom. The lowest BCUT2D eigenvalue weighted by molar-refractivity contribution is -0.121. The molecule has 134 valence electrons. The molecule has 0 saturated heterocycles. The quantitative estimate of drug-likeness (QED) is 0.816. The summed E-state index contributed by atoms with van der Waals surface area (Å²) < 4.78 is 51.6. The average Bonchev–Trinajstić information content (AvgIpc) is 2.53. The largest absolute Gasteiger partial charge is 0.352 e. The Hall–Kier alpha value is -2.48. The number of nitrogens with one attached hydrogen (secondary N) is 1. The third-order valence-corrected chi connectivity index (χ3v) is 4.67. The number of amides is 1. The molecule has 0 radical (unpaired) electrons. The number of carbonyl (C=O) groups excluding carboxylic acids is 1. The van der Waals surface area contributed by atoms with Crippen LogP contribution >= 0.6 is 0 Å². The molecule has 0 bridgehead atoms. The second-order valence-electron chi connectivity index (χ2n) is 5.43. The van der Waals surface area contributed by atoms with Crippen LogP contribution in [0.25, 0.3) is 0 Å². The fourth-order valence-corrected chi connectivity index (χ4v) is 3.16. The van der Waals surface area contributed by atoms with Crippen LogP contribution in [-0.4, -0.2) is 27.1 Å². The molecule has 0 aliphatic heterocycles. The first kappa shape index (κ1) is 18.9. The summed E-state index contributed by atoms with van der Waals surface area (Å²) in [4.78, 5) is 11.9. The Balaban J connectivity index is 1.99. The maximum Gasteiger partial charge on any atom is 0.232 e. The summed E-state index contributed by atoms with van der Waals surface area (Å²) in [6, 6.07) is 11.2. The van der Waals surface area contributed by atoms with Crippen LogP contribution < -0.4 is 9.62 Å². The first-order valence-corrected chi connectivity index (χ1v) is 9.35. The van der Waals surface area contributed by atoms with Gasteiger partial charge in [-0.2, -0.15) is 0 Å². The van der Waals surface area contributed by atoms with Crippen molar-refractivity contribution >= 4 is 21.6 Å². The Labute approximate surface area is 145 Å². The number of halogens is 2. The zero-order valence-electron chi connectivity index (χ0n) is 13.6. The topological polar surface area (TPSA) is 66.5 Å². The number of nitrogens with zero attached hydrogens (tertiary/aromatic N) is 1. The van der Waals surface area contributed by atoms with Crippen LogP contribution in [0.5, 0.6) is 0 Å². The van der Waals surface area contributed by atoms with Crippen LogP contribution in [-0.2, 0) is 21.4 Å². The lowest BCUT2D eigenvalue weighted by Gasteiger charge is -2.22. The molecule has 8 heteroatoms. The number of hydrogen-bond donors (Lipinski definition) is 1. The summed E-state index contributed by atoms with van der Waals surface area (Å²) in [6.07, 6.45) is 0.840. The molecule has 0 unspecified atom stereocenters. The summed E-state index contributed by atoms with van der Waals surface area (Å²) in [7, 11) is -3.68. The van der Waals surface area contributed by atoms with E-state index >= 15 is 0 Å². The maximum absolute atomic E-state index is 13.5. The fourth-order valence-electron chi connectivity index (χ4n) is 2.24. The van der Waals surface area contributed by atoms with Crippen molar-refractivity contribution in [2.24, 2.45) is 0 Å². The summed E-state index contributed by atoms with van der Waals surface area (Å²) >= 11 is 0. The van der Waals surface area contributed by atoms with Crippen LogP contribution in [0.2, 0.25) is 0 Å². The van der Waals surface area contributed by atoms with Crippen LogP contribution in [0, 0.1) is 11.6 Å². The number of rotatable bonds is 7. The predicted molar refractivity (Wildman–Crippen MR) is 91.5 cm³/mol. The van der Waals surface area contributed by atoms with Gasteiger partial charge < -0.3 is 5.32 Å². The van der Waals surface area contributed by atoms with E-state index in [0.29, 0.717) is 5.56 Å². The molecule has 2 aromatic carbocycles. The molecule has 25 heavy (non-hydrogen) atoms. The Morgan fingerprint density at radius 3 is 2.48 bits per heavy atom. The first-order chi connectivity index (χ1) is 11.8. The number of hydrogen-bond acceptors (Lipinski definition) is 3. The Morgan fingerprint density at radius 2 is 1.84 bits per heavy atom. The number of anilines is 1. The van der Waals surface area contributed by atoms with E-state index in [1.165, 1.54) is 24.3 Å². The van der Waals surface area contributed by atoms with Crippen LogP contribution in [0.15, 0.2) is 48.5 Å². The predicted octanol–water partition coefficient (Wildman–Crippen LogP) is 2.44. The van der Waals surface area contributed by atoms with E-state index in [9.17, 15) is 22.0 Å². The van der Waals surface area contributed by atoms with Crippen molar-refractivity contribution in [1.29, 1.82) is 0 Å². The van der Waals surface area contributed by atoms with Gasteiger partial charge in [-0.15, -0.1) is 0 Å². The van der Waals surface area contributed by atoms with Gasteiger partial charge in [0.15, 0.2) is 0 Å². The number of carbonyl (C=O) groups is 1. The standard InChI is InChI=1S/C17H18F2N2O3S/c1-25(23,24)21(15-7-4-6-14(18)11-15)10-9-17(22)20-12-13-5-2-3-8-16(13)19/h2-8,11H,9-10,12H2,1H3,(H,20,22). The zero-order valence-corrected chi connectivity index (χ0v) is 14.4. The minimum atomic E-state index is -3.68. The van der Waals surface area contributed by atoms with Gasteiger partial charge in [-0.25, -0.2) is 17.2 Å². The van der Waals surface area contributed by atoms with Crippen molar-refractivity contribution < 1.29 is 22.0 Å². The molecule has 0 heterocycles. The second-order valence-corrected chi connectivity index (χ2v) is 7.34. The summed E-state index contributed by atoms with van der Waals surface area (Å²) in [6.45, 7) is -0.143. The van der Waals surface area contributed by atoms with Crippen molar-refractivity contribution in [3.63, 3.8) is 0 Å². The molecule has 0 spiro atoms. The average molecular weight is 368 g/mol. The van der Waals surface area contributed by atoms with Gasteiger partial charge >= 0.3 is 0 Å². The van der Waals surface area contributed by atoms with Gasteiger partial charge in [0.05, 0.1) is 11.9 Å². The smallest absolute Gasteiger partial charge is 0.232 e. The highest BCUT2D eigenvalue weighted by Crippen LogP contribution is 2.18. The lowest BCUT2D eigenvalue weighted by Crippen LogP contribution is -2.34. The fraction of sp³-hybridized carbons (Fsp3) is 0.235. The van der Waals surface area contributed by atoms with Gasteiger partial charge in [-0.05, 0) is 24.3 Å². The molecule has 0 aliphatic rings. The molecule has 2 rings (SSSR count). The minimum Gasteiger partial charge on any atom is -0.352 e. The normalized spacial score (nSPS) is 11.2. The highest BCUT2D eigenvalue weighted by Gasteiger charge is 2.19. The maximum atomic E-state index is 13.5. The summed E-state index contributed by atoms with van der Waals surface area (Å²) in [5.74, 6) is -1.44. The lowest BCUT2D eigenvalue weighted by atomic mass is 10.2. The van der Waals surface area contributed by atoms with E-state index in [2.05, 4.69) is 5.32 Å². The molecule has 0 aliphatic carbocycles. The molecule has 1 N–H and O–H groups in total. The molecule has 2 aromatic rings. The van der Waals surface area contributed by atoms with Gasteiger partial charge in [-0.3, -0.25) is 9.10 Å². The summed E-state index contributed by atoms with van der Waals surface area (Å²) in [5.41, 5.74) is 0.477. The molecule has 1 amide bonds. The van der Waals surface area contributed by atoms with Gasteiger partial charge in [0.1, 0.15) is 11.6 Å². The number of sulfonamides is 1. The van der Waals surface area contributed by atoms with E-state index in [4.69, 9.17) is 0 Å². The third-order valence-electron chi connectivity index (χ3n) is 3.47. The van der Waals surface area contributed by atoms with Crippen molar-refractivity contribution in [3.8, 4) is 0 Å². The molecule has 0 aromatic heterocycles. The van der Waals surface area contributed by atoms with E-state index in [0.717, 1.165) is 16.6 Å². The van der Waals surface area contributed by atoms with Gasteiger partial charge in [0.2, 0.25) is 15.9 Å². The van der Waals surface area contributed by atoms with E-state index in [1.54, 1.807) is 18.2 Å². The molecule has 0 saturated carbocycles.